The summed E-state index contributed by atoms with van der Waals surface area (Å²) in [6, 6.07) is 18.5. The molecule has 1 aromatic heterocycles. The standard InChI is InChI=1S/C17H13ClN2O/c18-16-10-19-11-17(20-16)21-12-13-6-8-15(9-7-13)14-4-2-1-3-5-14/h1-11H,12H2. The van der Waals surface area contributed by atoms with Crippen molar-refractivity contribution in [2.75, 3.05) is 0 Å². The van der Waals surface area contributed by atoms with Gasteiger partial charge in [-0.25, -0.2) is 0 Å². The highest BCUT2D eigenvalue weighted by Crippen LogP contribution is 2.20. The first-order valence-electron chi connectivity index (χ1n) is 6.56. The second-order valence-corrected chi connectivity index (χ2v) is 4.92. The van der Waals surface area contributed by atoms with Gasteiger partial charge < -0.3 is 4.74 Å². The van der Waals surface area contributed by atoms with Crippen LogP contribution in [0.2, 0.25) is 5.15 Å². The molecular formula is C17H13ClN2O. The summed E-state index contributed by atoms with van der Waals surface area (Å²) in [5.41, 5.74) is 3.45. The Balaban J connectivity index is 1.68. The number of aromatic nitrogens is 2. The molecule has 4 heteroatoms. The zero-order valence-corrected chi connectivity index (χ0v) is 12.0. The van der Waals surface area contributed by atoms with Crippen LogP contribution in [-0.4, -0.2) is 9.97 Å². The molecule has 0 unspecified atom stereocenters. The molecule has 0 N–H and O–H groups in total. The van der Waals surface area contributed by atoms with Gasteiger partial charge in [0.2, 0.25) is 5.88 Å². The fourth-order valence-electron chi connectivity index (χ4n) is 1.98. The summed E-state index contributed by atoms with van der Waals surface area (Å²) in [5, 5.41) is 0.326. The molecule has 3 aromatic rings. The Hall–Kier alpha value is -2.39. The van der Waals surface area contributed by atoms with Gasteiger partial charge in [-0.1, -0.05) is 66.2 Å². The highest BCUT2D eigenvalue weighted by atomic mass is 35.5. The van der Waals surface area contributed by atoms with E-state index < -0.39 is 0 Å². The van der Waals surface area contributed by atoms with Crippen molar-refractivity contribution in [1.29, 1.82) is 0 Å². The lowest BCUT2D eigenvalue weighted by Crippen LogP contribution is -1.97. The van der Waals surface area contributed by atoms with Crippen molar-refractivity contribution in [2.45, 2.75) is 6.61 Å². The molecule has 1 heterocycles. The van der Waals surface area contributed by atoms with Gasteiger partial charge in [0.15, 0.2) is 5.15 Å². The van der Waals surface area contributed by atoms with Gasteiger partial charge in [0.1, 0.15) is 6.61 Å². The minimum Gasteiger partial charge on any atom is -0.472 e. The molecule has 0 bridgehead atoms. The van der Waals surface area contributed by atoms with Gasteiger partial charge in [-0.2, -0.15) is 4.98 Å². The summed E-state index contributed by atoms with van der Waals surface area (Å²) in [7, 11) is 0. The molecule has 21 heavy (non-hydrogen) atoms. The van der Waals surface area contributed by atoms with E-state index in [1.54, 1.807) is 6.20 Å². The molecule has 0 aliphatic carbocycles. The van der Waals surface area contributed by atoms with Crippen LogP contribution >= 0.6 is 11.6 Å². The maximum atomic E-state index is 5.76. The van der Waals surface area contributed by atoms with Crippen LogP contribution in [-0.2, 0) is 6.61 Å². The number of benzene rings is 2. The molecule has 0 saturated carbocycles. The highest BCUT2D eigenvalue weighted by Gasteiger charge is 2.00. The average molecular weight is 297 g/mol. The number of rotatable bonds is 4. The van der Waals surface area contributed by atoms with Crippen molar-refractivity contribution in [2.24, 2.45) is 0 Å². The lowest BCUT2D eigenvalue weighted by molar-refractivity contribution is 0.292. The van der Waals surface area contributed by atoms with E-state index >= 15 is 0 Å². The Labute approximate surface area is 128 Å². The molecule has 0 radical (unpaired) electrons. The third kappa shape index (κ3) is 3.58. The zero-order chi connectivity index (χ0) is 14.5. The summed E-state index contributed by atoms with van der Waals surface area (Å²) in [5.74, 6) is 0.426. The first kappa shape index (κ1) is 13.6. The van der Waals surface area contributed by atoms with E-state index in [1.807, 2.05) is 30.3 Å². The summed E-state index contributed by atoms with van der Waals surface area (Å²) in [6.45, 7) is 0.435. The first-order valence-corrected chi connectivity index (χ1v) is 6.94. The van der Waals surface area contributed by atoms with Crippen LogP contribution in [0.15, 0.2) is 67.0 Å². The van der Waals surface area contributed by atoms with Crippen LogP contribution in [0.4, 0.5) is 0 Å². The number of ether oxygens (including phenoxy) is 1. The molecule has 0 spiro atoms. The van der Waals surface area contributed by atoms with Crippen molar-refractivity contribution in [3.05, 3.63) is 77.7 Å². The van der Waals surface area contributed by atoms with Crippen molar-refractivity contribution in [3.8, 4) is 17.0 Å². The van der Waals surface area contributed by atoms with Gasteiger partial charge in [0, 0.05) is 0 Å². The largest absolute Gasteiger partial charge is 0.472 e. The Morgan fingerprint density at radius 3 is 2.29 bits per heavy atom. The van der Waals surface area contributed by atoms with E-state index in [9.17, 15) is 0 Å². The van der Waals surface area contributed by atoms with Gasteiger partial charge in [-0.15, -0.1) is 0 Å². The summed E-state index contributed by atoms with van der Waals surface area (Å²) in [4.78, 5) is 7.96. The summed E-state index contributed by atoms with van der Waals surface area (Å²) < 4.78 is 5.56. The average Bonchev–Trinajstić information content (AvgIpc) is 2.54. The topological polar surface area (TPSA) is 35.0 Å². The molecule has 0 saturated heterocycles. The zero-order valence-electron chi connectivity index (χ0n) is 11.2. The Morgan fingerprint density at radius 2 is 1.57 bits per heavy atom. The maximum absolute atomic E-state index is 5.76. The van der Waals surface area contributed by atoms with Crippen molar-refractivity contribution in [3.63, 3.8) is 0 Å². The quantitative estimate of drug-likeness (QED) is 0.717. The number of hydrogen-bond donors (Lipinski definition) is 0. The maximum Gasteiger partial charge on any atom is 0.234 e. The Kier molecular flexibility index (Phi) is 4.12. The summed E-state index contributed by atoms with van der Waals surface area (Å²) in [6.07, 6.45) is 3.02. The lowest BCUT2D eigenvalue weighted by Gasteiger charge is -2.06. The normalized spacial score (nSPS) is 10.3. The molecular weight excluding hydrogens is 284 g/mol. The Morgan fingerprint density at radius 1 is 0.857 bits per heavy atom. The van der Waals surface area contributed by atoms with E-state index in [-0.39, 0.29) is 0 Å². The molecule has 2 aromatic carbocycles. The van der Waals surface area contributed by atoms with E-state index in [4.69, 9.17) is 16.3 Å². The Bertz CT molecular complexity index is 714. The molecule has 0 aliphatic rings. The molecule has 0 amide bonds. The highest BCUT2D eigenvalue weighted by molar-refractivity contribution is 6.29. The van der Waals surface area contributed by atoms with E-state index in [2.05, 4.69) is 34.2 Å². The monoisotopic (exact) mass is 296 g/mol. The third-order valence-corrected chi connectivity index (χ3v) is 3.21. The van der Waals surface area contributed by atoms with Gasteiger partial charge >= 0.3 is 0 Å². The second-order valence-electron chi connectivity index (χ2n) is 4.53. The van der Waals surface area contributed by atoms with Crippen molar-refractivity contribution >= 4 is 11.6 Å². The van der Waals surface area contributed by atoms with Gasteiger partial charge in [0.05, 0.1) is 12.4 Å². The molecule has 104 valence electrons. The van der Waals surface area contributed by atoms with Crippen LogP contribution in [0.3, 0.4) is 0 Å². The molecule has 0 fully saturated rings. The fourth-order valence-corrected chi connectivity index (χ4v) is 2.12. The minimum atomic E-state index is 0.326. The van der Waals surface area contributed by atoms with Gasteiger partial charge in [-0.05, 0) is 16.7 Å². The SMILES string of the molecule is Clc1cncc(OCc2ccc(-c3ccccc3)cc2)n1. The van der Waals surface area contributed by atoms with Gasteiger partial charge in [-0.3, -0.25) is 4.98 Å². The molecule has 3 nitrogen and oxygen atoms in total. The van der Waals surface area contributed by atoms with E-state index in [1.165, 1.54) is 17.3 Å². The van der Waals surface area contributed by atoms with Crippen LogP contribution < -0.4 is 4.74 Å². The van der Waals surface area contributed by atoms with Crippen LogP contribution in [0.5, 0.6) is 5.88 Å². The van der Waals surface area contributed by atoms with E-state index in [0.717, 1.165) is 5.56 Å². The smallest absolute Gasteiger partial charge is 0.234 e. The summed E-state index contributed by atoms with van der Waals surface area (Å²) >= 11 is 5.76. The minimum absolute atomic E-state index is 0.326. The predicted molar refractivity (Wildman–Crippen MR) is 83.3 cm³/mol. The molecule has 0 aliphatic heterocycles. The first-order chi connectivity index (χ1) is 10.3. The number of nitrogens with zero attached hydrogens (tertiary/aromatic N) is 2. The van der Waals surface area contributed by atoms with Crippen LogP contribution in [0.1, 0.15) is 5.56 Å². The van der Waals surface area contributed by atoms with Crippen LogP contribution in [0.25, 0.3) is 11.1 Å². The fraction of sp³-hybridized carbons (Fsp3) is 0.0588. The molecule has 3 rings (SSSR count). The predicted octanol–water partition coefficient (Wildman–Crippen LogP) is 4.38. The van der Waals surface area contributed by atoms with Crippen molar-refractivity contribution in [1.82, 2.24) is 9.97 Å². The number of halogens is 1. The molecule has 0 atom stereocenters. The van der Waals surface area contributed by atoms with Gasteiger partial charge in [0.25, 0.3) is 0 Å². The van der Waals surface area contributed by atoms with Crippen molar-refractivity contribution < 1.29 is 4.74 Å². The van der Waals surface area contributed by atoms with E-state index in [0.29, 0.717) is 17.6 Å². The number of hydrogen-bond acceptors (Lipinski definition) is 3. The second kappa shape index (κ2) is 6.37. The third-order valence-electron chi connectivity index (χ3n) is 3.03. The van der Waals surface area contributed by atoms with Crippen LogP contribution in [0, 0.1) is 0 Å². The lowest BCUT2D eigenvalue weighted by atomic mass is 10.0.